The molecule has 0 saturated heterocycles. The predicted molar refractivity (Wildman–Crippen MR) is 63.8 cm³/mol. The summed E-state index contributed by atoms with van der Waals surface area (Å²) in [5.41, 5.74) is -0.547. The SMILES string of the molecule is N#CC1(NC(=O)c2cccc(F)c2Br)CCC1. The lowest BCUT2D eigenvalue weighted by molar-refractivity contribution is 0.0880. The van der Waals surface area contributed by atoms with Gasteiger partial charge in [0.1, 0.15) is 11.4 Å². The Bertz CT molecular complexity index is 506. The molecule has 1 aliphatic rings. The summed E-state index contributed by atoms with van der Waals surface area (Å²) in [6.45, 7) is 0. The summed E-state index contributed by atoms with van der Waals surface area (Å²) in [4.78, 5) is 11.9. The number of nitrogens with zero attached hydrogens (tertiary/aromatic N) is 1. The minimum atomic E-state index is -0.761. The van der Waals surface area contributed by atoms with E-state index in [1.54, 1.807) is 0 Å². The zero-order chi connectivity index (χ0) is 12.5. The molecule has 1 amide bonds. The summed E-state index contributed by atoms with van der Waals surface area (Å²) < 4.78 is 13.4. The quantitative estimate of drug-likeness (QED) is 0.912. The van der Waals surface area contributed by atoms with E-state index in [2.05, 4.69) is 27.3 Å². The molecule has 5 heteroatoms. The Labute approximate surface area is 107 Å². The summed E-state index contributed by atoms with van der Waals surface area (Å²) in [7, 11) is 0. The second-order valence-electron chi connectivity index (χ2n) is 4.10. The Morgan fingerprint density at radius 2 is 2.24 bits per heavy atom. The average Bonchev–Trinajstić information content (AvgIpc) is 2.27. The van der Waals surface area contributed by atoms with Gasteiger partial charge in [-0.3, -0.25) is 4.79 Å². The normalized spacial score (nSPS) is 16.8. The molecule has 0 aromatic heterocycles. The number of hydrogen-bond donors (Lipinski definition) is 1. The van der Waals surface area contributed by atoms with Crippen molar-refractivity contribution in [2.45, 2.75) is 24.8 Å². The van der Waals surface area contributed by atoms with Crippen molar-refractivity contribution in [1.29, 1.82) is 5.26 Å². The van der Waals surface area contributed by atoms with Crippen LogP contribution in [0.5, 0.6) is 0 Å². The standard InChI is InChI=1S/C12H10BrFN2O/c13-10-8(3-1-4-9(10)14)11(17)16-12(7-15)5-2-6-12/h1,3-4H,2,5-6H2,(H,16,17). The molecule has 88 valence electrons. The molecule has 0 unspecified atom stereocenters. The molecule has 2 rings (SSSR count). The highest BCUT2D eigenvalue weighted by atomic mass is 79.9. The molecule has 1 fully saturated rings. The van der Waals surface area contributed by atoms with Crippen LogP contribution >= 0.6 is 15.9 Å². The molecule has 0 atom stereocenters. The number of nitriles is 1. The van der Waals surface area contributed by atoms with Crippen LogP contribution in [0, 0.1) is 17.1 Å². The Morgan fingerprint density at radius 1 is 1.53 bits per heavy atom. The predicted octanol–water partition coefficient (Wildman–Crippen LogP) is 2.76. The van der Waals surface area contributed by atoms with Crippen LogP contribution in [0.15, 0.2) is 22.7 Å². The molecule has 17 heavy (non-hydrogen) atoms. The van der Waals surface area contributed by atoms with Gasteiger partial charge in [0.2, 0.25) is 0 Å². The summed E-state index contributed by atoms with van der Waals surface area (Å²) in [5.74, 6) is -0.908. The van der Waals surface area contributed by atoms with Crippen molar-refractivity contribution in [1.82, 2.24) is 5.32 Å². The van der Waals surface area contributed by atoms with Crippen molar-refractivity contribution in [2.24, 2.45) is 0 Å². The van der Waals surface area contributed by atoms with Crippen molar-refractivity contribution in [3.8, 4) is 6.07 Å². The number of halogens is 2. The van der Waals surface area contributed by atoms with Crippen LogP contribution in [-0.2, 0) is 0 Å². The van der Waals surface area contributed by atoms with Gasteiger partial charge in [0.15, 0.2) is 0 Å². The van der Waals surface area contributed by atoms with E-state index >= 15 is 0 Å². The first kappa shape index (κ1) is 12.1. The highest BCUT2D eigenvalue weighted by Gasteiger charge is 2.39. The van der Waals surface area contributed by atoms with Crippen molar-refractivity contribution in [3.05, 3.63) is 34.1 Å². The third-order valence-electron chi connectivity index (χ3n) is 2.97. The third kappa shape index (κ3) is 2.18. The number of nitrogens with one attached hydrogen (secondary N) is 1. The van der Waals surface area contributed by atoms with Gasteiger partial charge in [0, 0.05) is 0 Å². The molecule has 3 nitrogen and oxygen atoms in total. The first-order chi connectivity index (χ1) is 8.08. The van der Waals surface area contributed by atoms with Crippen molar-refractivity contribution < 1.29 is 9.18 Å². The second-order valence-corrected chi connectivity index (χ2v) is 4.90. The van der Waals surface area contributed by atoms with Crippen LogP contribution in [0.25, 0.3) is 0 Å². The molecule has 0 heterocycles. The van der Waals surface area contributed by atoms with Gasteiger partial charge in [-0.2, -0.15) is 5.26 Å². The van der Waals surface area contributed by atoms with Crippen molar-refractivity contribution >= 4 is 21.8 Å². The van der Waals surface area contributed by atoms with Gasteiger partial charge >= 0.3 is 0 Å². The Morgan fingerprint density at radius 3 is 2.76 bits per heavy atom. The molecule has 1 aromatic rings. The minimum absolute atomic E-state index is 0.130. The van der Waals surface area contributed by atoms with E-state index in [4.69, 9.17) is 5.26 Å². The van der Waals surface area contributed by atoms with Gasteiger partial charge in [-0.25, -0.2) is 4.39 Å². The van der Waals surface area contributed by atoms with Gasteiger partial charge in [0.05, 0.1) is 16.1 Å². The highest BCUT2D eigenvalue weighted by molar-refractivity contribution is 9.10. The number of hydrogen-bond acceptors (Lipinski definition) is 2. The lowest BCUT2D eigenvalue weighted by Crippen LogP contribution is -2.52. The molecular weight excluding hydrogens is 287 g/mol. The minimum Gasteiger partial charge on any atom is -0.334 e. The molecule has 1 N–H and O–H groups in total. The van der Waals surface area contributed by atoms with E-state index in [1.165, 1.54) is 18.2 Å². The summed E-state index contributed by atoms with van der Waals surface area (Å²) in [6, 6.07) is 6.36. The van der Waals surface area contributed by atoms with Crippen LogP contribution in [0.4, 0.5) is 4.39 Å². The molecular formula is C12H10BrFN2O. The van der Waals surface area contributed by atoms with Crippen LogP contribution in [0.2, 0.25) is 0 Å². The van der Waals surface area contributed by atoms with Crippen LogP contribution < -0.4 is 5.32 Å². The number of carbonyl (C=O) groups excluding carboxylic acids is 1. The first-order valence-electron chi connectivity index (χ1n) is 5.26. The van der Waals surface area contributed by atoms with Crippen LogP contribution in [0.3, 0.4) is 0 Å². The van der Waals surface area contributed by atoms with Gasteiger partial charge < -0.3 is 5.32 Å². The zero-order valence-electron chi connectivity index (χ0n) is 8.96. The topological polar surface area (TPSA) is 52.9 Å². The third-order valence-corrected chi connectivity index (χ3v) is 3.78. The maximum Gasteiger partial charge on any atom is 0.253 e. The molecule has 0 spiro atoms. The lowest BCUT2D eigenvalue weighted by Gasteiger charge is -2.35. The molecule has 1 saturated carbocycles. The van der Waals surface area contributed by atoms with E-state index in [9.17, 15) is 9.18 Å². The van der Waals surface area contributed by atoms with E-state index in [1.807, 2.05) is 0 Å². The fraction of sp³-hybridized carbons (Fsp3) is 0.333. The van der Waals surface area contributed by atoms with E-state index in [-0.39, 0.29) is 10.0 Å². The first-order valence-corrected chi connectivity index (χ1v) is 6.05. The van der Waals surface area contributed by atoms with Gasteiger partial charge in [0.25, 0.3) is 5.91 Å². The lowest BCUT2D eigenvalue weighted by atomic mass is 9.78. The monoisotopic (exact) mass is 296 g/mol. The van der Waals surface area contributed by atoms with E-state index in [0.717, 1.165) is 6.42 Å². The Kier molecular flexibility index (Phi) is 3.16. The Hall–Kier alpha value is -1.41. The second kappa shape index (κ2) is 4.46. The number of benzene rings is 1. The van der Waals surface area contributed by atoms with Crippen molar-refractivity contribution in [2.75, 3.05) is 0 Å². The van der Waals surface area contributed by atoms with Crippen molar-refractivity contribution in [3.63, 3.8) is 0 Å². The molecule has 0 aliphatic heterocycles. The van der Waals surface area contributed by atoms with E-state index < -0.39 is 17.3 Å². The summed E-state index contributed by atoms with van der Waals surface area (Å²) in [5, 5.41) is 11.7. The number of amides is 1. The smallest absolute Gasteiger partial charge is 0.253 e. The molecule has 1 aliphatic carbocycles. The largest absolute Gasteiger partial charge is 0.334 e. The van der Waals surface area contributed by atoms with Crippen LogP contribution in [0.1, 0.15) is 29.6 Å². The van der Waals surface area contributed by atoms with E-state index in [0.29, 0.717) is 12.8 Å². The molecule has 0 radical (unpaired) electrons. The molecule has 0 bridgehead atoms. The highest BCUT2D eigenvalue weighted by Crippen LogP contribution is 2.31. The van der Waals surface area contributed by atoms with Gasteiger partial charge in [-0.15, -0.1) is 0 Å². The fourth-order valence-electron chi connectivity index (χ4n) is 1.76. The van der Waals surface area contributed by atoms with Gasteiger partial charge in [-0.1, -0.05) is 6.07 Å². The fourth-order valence-corrected chi connectivity index (χ4v) is 2.20. The molecule has 1 aromatic carbocycles. The maximum absolute atomic E-state index is 13.3. The van der Waals surface area contributed by atoms with Crippen LogP contribution in [-0.4, -0.2) is 11.4 Å². The summed E-state index contributed by atoms with van der Waals surface area (Å²) >= 11 is 3.03. The Balaban J connectivity index is 2.21. The average molecular weight is 297 g/mol. The van der Waals surface area contributed by atoms with Gasteiger partial charge in [-0.05, 0) is 47.3 Å². The summed E-state index contributed by atoms with van der Waals surface area (Å²) in [6.07, 6.45) is 2.24. The zero-order valence-corrected chi connectivity index (χ0v) is 10.6. The number of rotatable bonds is 2. The number of carbonyl (C=O) groups is 1. The maximum atomic E-state index is 13.3.